The third kappa shape index (κ3) is 3.35. The van der Waals surface area contributed by atoms with Crippen LogP contribution in [-0.4, -0.2) is 31.0 Å². The molecule has 4 rings (SSSR count). The first-order valence-corrected chi connectivity index (χ1v) is 10.3. The Morgan fingerprint density at radius 2 is 1.82 bits per heavy atom. The van der Waals surface area contributed by atoms with E-state index < -0.39 is 5.56 Å². The summed E-state index contributed by atoms with van der Waals surface area (Å²) in [5.41, 5.74) is 1.35. The highest BCUT2D eigenvalue weighted by Crippen LogP contribution is 2.30. The number of fused-ring (bicyclic) bond motifs is 1. The third-order valence-corrected chi connectivity index (χ3v) is 5.32. The van der Waals surface area contributed by atoms with Crippen LogP contribution in [0.5, 0.6) is 0 Å². The van der Waals surface area contributed by atoms with Gasteiger partial charge in [0.1, 0.15) is 22.1 Å². The molecule has 1 aromatic carbocycles. The molecule has 140 valence electrons. The second-order valence-electron chi connectivity index (χ2n) is 5.62. The monoisotopic (exact) mass is 449 g/mol. The van der Waals surface area contributed by atoms with E-state index in [4.69, 9.17) is 34.8 Å². The summed E-state index contributed by atoms with van der Waals surface area (Å²) in [4.78, 5) is 25.8. The molecule has 0 fully saturated rings. The molecule has 6 nitrogen and oxygen atoms in total. The van der Waals surface area contributed by atoms with Crippen LogP contribution in [0.1, 0.15) is 0 Å². The van der Waals surface area contributed by atoms with E-state index in [0.29, 0.717) is 37.1 Å². The molecule has 0 spiro atoms. The standard InChI is InChI=1S/C18H10Cl3N5OS/c1-28-18-23-8-10-15(24-18)14(9-5-6-22-13(21)7-9)25-26(17(10)27)16-11(19)3-2-4-12(16)20/h2-8H,1H3. The highest BCUT2D eigenvalue weighted by atomic mass is 35.5. The van der Waals surface area contributed by atoms with Crippen molar-refractivity contribution in [1.82, 2.24) is 24.7 Å². The largest absolute Gasteiger partial charge is 0.282 e. The molecule has 0 N–H and O–H groups in total. The van der Waals surface area contributed by atoms with Crippen LogP contribution in [0, 0.1) is 0 Å². The third-order valence-electron chi connectivity index (χ3n) is 3.95. The predicted octanol–water partition coefficient (Wildman–Crippen LogP) is 4.92. The number of halogens is 3. The zero-order valence-electron chi connectivity index (χ0n) is 14.2. The molecular weight excluding hydrogens is 441 g/mol. The summed E-state index contributed by atoms with van der Waals surface area (Å²) in [5, 5.41) is 6.21. The Morgan fingerprint density at radius 3 is 2.50 bits per heavy atom. The van der Waals surface area contributed by atoms with Gasteiger partial charge in [0.15, 0.2) is 5.16 Å². The average Bonchev–Trinajstić information content (AvgIpc) is 2.69. The SMILES string of the molecule is CSc1ncc2c(=O)n(-c3c(Cl)cccc3Cl)nc(-c3ccnc(Cl)c3)c2n1. The lowest BCUT2D eigenvalue weighted by atomic mass is 10.1. The molecule has 3 aromatic heterocycles. The van der Waals surface area contributed by atoms with Crippen molar-refractivity contribution in [3.8, 4) is 16.9 Å². The smallest absolute Gasteiger partial charge is 0.267 e. The number of para-hydroxylation sites is 1. The summed E-state index contributed by atoms with van der Waals surface area (Å²) in [6.45, 7) is 0. The highest BCUT2D eigenvalue weighted by molar-refractivity contribution is 7.98. The fourth-order valence-corrected chi connectivity index (χ4v) is 3.77. The maximum atomic E-state index is 13.1. The maximum Gasteiger partial charge on any atom is 0.282 e. The van der Waals surface area contributed by atoms with Gasteiger partial charge in [-0.05, 0) is 30.5 Å². The van der Waals surface area contributed by atoms with Crippen LogP contribution >= 0.6 is 46.6 Å². The molecule has 0 radical (unpaired) electrons. The van der Waals surface area contributed by atoms with E-state index >= 15 is 0 Å². The average molecular weight is 451 g/mol. The molecule has 3 heterocycles. The Bertz CT molecular complexity index is 1260. The molecule has 0 unspecified atom stereocenters. The van der Waals surface area contributed by atoms with Crippen molar-refractivity contribution in [3.63, 3.8) is 0 Å². The molecular formula is C18H10Cl3N5OS. The summed E-state index contributed by atoms with van der Waals surface area (Å²) in [5.74, 6) is 0. The molecule has 0 aliphatic heterocycles. The van der Waals surface area contributed by atoms with E-state index in [-0.39, 0.29) is 11.1 Å². The molecule has 0 atom stereocenters. The Morgan fingerprint density at radius 1 is 1.07 bits per heavy atom. The molecule has 0 bridgehead atoms. The summed E-state index contributed by atoms with van der Waals surface area (Å²) in [6, 6.07) is 8.34. The maximum absolute atomic E-state index is 13.1. The van der Waals surface area contributed by atoms with Crippen LogP contribution in [0.25, 0.3) is 27.8 Å². The van der Waals surface area contributed by atoms with Crippen LogP contribution in [0.3, 0.4) is 0 Å². The number of thioether (sulfide) groups is 1. The molecule has 0 amide bonds. The van der Waals surface area contributed by atoms with E-state index in [1.807, 2.05) is 6.26 Å². The van der Waals surface area contributed by atoms with Crippen molar-refractivity contribution in [2.75, 3.05) is 6.26 Å². The van der Waals surface area contributed by atoms with Gasteiger partial charge in [-0.1, -0.05) is 52.6 Å². The number of rotatable bonds is 3. The normalized spacial score (nSPS) is 11.1. The topological polar surface area (TPSA) is 73.6 Å². The fourth-order valence-electron chi connectivity index (χ4n) is 2.70. The Balaban J connectivity index is 2.14. The van der Waals surface area contributed by atoms with Gasteiger partial charge in [-0.2, -0.15) is 9.78 Å². The summed E-state index contributed by atoms with van der Waals surface area (Å²) < 4.78 is 1.17. The van der Waals surface area contributed by atoms with Gasteiger partial charge in [0, 0.05) is 18.0 Å². The van der Waals surface area contributed by atoms with Crippen LogP contribution in [-0.2, 0) is 0 Å². The zero-order chi connectivity index (χ0) is 19.8. The molecule has 4 aromatic rings. The van der Waals surface area contributed by atoms with Gasteiger partial charge in [-0.3, -0.25) is 4.79 Å². The Labute approximate surface area is 178 Å². The highest BCUT2D eigenvalue weighted by Gasteiger charge is 2.19. The van der Waals surface area contributed by atoms with Crippen molar-refractivity contribution in [1.29, 1.82) is 0 Å². The molecule has 0 saturated heterocycles. The summed E-state index contributed by atoms with van der Waals surface area (Å²) in [6.07, 6.45) is 4.88. The molecule has 0 aliphatic rings. The van der Waals surface area contributed by atoms with Gasteiger partial charge in [0.2, 0.25) is 0 Å². The second kappa shape index (κ2) is 7.67. The molecule has 10 heteroatoms. The zero-order valence-corrected chi connectivity index (χ0v) is 17.3. The van der Waals surface area contributed by atoms with Crippen LogP contribution in [0.15, 0.2) is 52.7 Å². The Kier molecular flexibility index (Phi) is 5.25. The second-order valence-corrected chi connectivity index (χ2v) is 7.60. The number of benzene rings is 1. The number of hydrogen-bond donors (Lipinski definition) is 0. The van der Waals surface area contributed by atoms with E-state index in [0.717, 1.165) is 0 Å². The van der Waals surface area contributed by atoms with Crippen LogP contribution in [0.2, 0.25) is 15.2 Å². The molecule has 28 heavy (non-hydrogen) atoms. The molecule has 0 saturated carbocycles. The first-order chi connectivity index (χ1) is 13.5. The first kappa shape index (κ1) is 19.1. The van der Waals surface area contributed by atoms with E-state index in [9.17, 15) is 4.79 Å². The minimum absolute atomic E-state index is 0.284. The number of aromatic nitrogens is 5. The van der Waals surface area contributed by atoms with Crippen molar-refractivity contribution in [2.24, 2.45) is 0 Å². The van der Waals surface area contributed by atoms with Crippen LogP contribution in [0.4, 0.5) is 0 Å². The number of pyridine rings is 1. The van der Waals surface area contributed by atoms with Crippen molar-refractivity contribution >= 4 is 57.5 Å². The van der Waals surface area contributed by atoms with Gasteiger partial charge >= 0.3 is 0 Å². The number of nitrogens with zero attached hydrogens (tertiary/aromatic N) is 5. The van der Waals surface area contributed by atoms with Crippen molar-refractivity contribution < 1.29 is 0 Å². The number of hydrogen-bond acceptors (Lipinski definition) is 6. The van der Waals surface area contributed by atoms with Crippen molar-refractivity contribution in [2.45, 2.75) is 5.16 Å². The summed E-state index contributed by atoms with van der Waals surface area (Å²) >= 11 is 20.0. The minimum atomic E-state index is -0.429. The van der Waals surface area contributed by atoms with Gasteiger partial charge in [-0.25, -0.2) is 15.0 Å². The van der Waals surface area contributed by atoms with E-state index in [2.05, 4.69) is 20.1 Å². The first-order valence-electron chi connectivity index (χ1n) is 7.90. The predicted molar refractivity (Wildman–Crippen MR) is 113 cm³/mol. The van der Waals surface area contributed by atoms with Gasteiger partial charge in [0.05, 0.1) is 15.4 Å². The van der Waals surface area contributed by atoms with Crippen LogP contribution < -0.4 is 5.56 Å². The molecule has 0 aliphatic carbocycles. The Hall–Kier alpha value is -2.19. The lowest BCUT2D eigenvalue weighted by Crippen LogP contribution is -2.23. The lowest BCUT2D eigenvalue weighted by Gasteiger charge is -2.13. The fraction of sp³-hybridized carbons (Fsp3) is 0.0556. The van der Waals surface area contributed by atoms with E-state index in [1.165, 1.54) is 22.6 Å². The van der Waals surface area contributed by atoms with Gasteiger partial charge < -0.3 is 0 Å². The lowest BCUT2D eigenvalue weighted by molar-refractivity contribution is 0.819. The van der Waals surface area contributed by atoms with E-state index in [1.54, 1.807) is 36.5 Å². The van der Waals surface area contributed by atoms with Crippen molar-refractivity contribution in [3.05, 3.63) is 68.3 Å². The van der Waals surface area contributed by atoms with Gasteiger partial charge in [-0.15, -0.1) is 0 Å². The minimum Gasteiger partial charge on any atom is -0.267 e. The summed E-state index contributed by atoms with van der Waals surface area (Å²) in [7, 11) is 0. The van der Waals surface area contributed by atoms with Gasteiger partial charge in [0.25, 0.3) is 5.56 Å². The quantitative estimate of drug-likeness (QED) is 0.250.